The zero-order chi connectivity index (χ0) is 11.8. The number of halogens is 1. The summed E-state index contributed by atoms with van der Waals surface area (Å²) >= 11 is 4.07. The van der Waals surface area contributed by atoms with Gasteiger partial charge in [0.15, 0.2) is 0 Å². The van der Waals surface area contributed by atoms with Crippen LogP contribution in [0.15, 0.2) is 42.5 Å². The third-order valence-electron chi connectivity index (χ3n) is 2.65. The van der Waals surface area contributed by atoms with Gasteiger partial charge in [0.05, 0.1) is 10.2 Å². The van der Waals surface area contributed by atoms with E-state index in [0.717, 1.165) is 10.5 Å². The first-order valence-corrected chi connectivity index (χ1v) is 7.25. The minimum atomic E-state index is 1.09. The standard InChI is InChI=1S/C14H10INS/c1-9-2-4-10(5-3-9)14-16-12-8-11(15)6-7-13(12)17-14/h2-8H,1H3. The van der Waals surface area contributed by atoms with Crippen molar-refractivity contribution in [3.63, 3.8) is 0 Å². The normalized spacial score (nSPS) is 10.9. The molecule has 0 aliphatic rings. The summed E-state index contributed by atoms with van der Waals surface area (Å²) in [6, 6.07) is 14.9. The lowest BCUT2D eigenvalue weighted by atomic mass is 10.2. The van der Waals surface area contributed by atoms with Gasteiger partial charge in [-0.1, -0.05) is 29.8 Å². The molecular formula is C14H10INS. The average Bonchev–Trinajstić information content (AvgIpc) is 2.72. The van der Waals surface area contributed by atoms with E-state index in [2.05, 4.69) is 77.0 Å². The van der Waals surface area contributed by atoms with Gasteiger partial charge >= 0.3 is 0 Å². The van der Waals surface area contributed by atoms with Crippen LogP contribution >= 0.6 is 33.9 Å². The minimum Gasteiger partial charge on any atom is -0.236 e. The van der Waals surface area contributed by atoms with E-state index in [1.807, 2.05) is 0 Å². The molecule has 0 radical (unpaired) electrons. The van der Waals surface area contributed by atoms with E-state index < -0.39 is 0 Å². The number of rotatable bonds is 1. The summed E-state index contributed by atoms with van der Waals surface area (Å²) in [5, 5.41) is 1.10. The number of thiazole rings is 1. The molecule has 84 valence electrons. The van der Waals surface area contributed by atoms with Crippen LogP contribution in [-0.2, 0) is 0 Å². The van der Waals surface area contributed by atoms with Gasteiger partial charge in [-0.25, -0.2) is 4.98 Å². The summed E-state index contributed by atoms with van der Waals surface area (Å²) in [7, 11) is 0. The lowest BCUT2D eigenvalue weighted by molar-refractivity contribution is 1.44. The van der Waals surface area contributed by atoms with Crippen LogP contribution in [0.3, 0.4) is 0 Å². The van der Waals surface area contributed by atoms with Gasteiger partial charge in [-0.2, -0.15) is 0 Å². The van der Waals surface area contributed by atoms with Crippen molar-refractivity contribution in [3.05, 3.63) is 51.6 Å². The van der Waals surface area contributed by atoms with Gasteiger partial charge in [-0.3, -0.25) is 0 Å². The second kappa shape index (κ2) is 4.38. The van der Waals surface area contributed by atoms with Crippen molar-refractivity contribution < 1.29 is 0 Å². The van der Waals surface area contributed by atoms with Crippen molar-refractivity contribution in [2.24, 2.45) is 0 Å². The number of aryl methyl sites for hydroxylation is 1. The van der Waals surface area contributed by atoms with Crippen LogP contribution in [0.4, 0.5) is 0 Å². The molecule has 3 rings (SSSR count). The molecule has 0 aliphatic heterocycles. The predicted molar refractivity (Wildman–Crippen MR) is 82.5 cm³/mol. The second-order valence-electron chi connectivity index (χ2n) is 4.00. The molecule has 3 heteroatoms. The lowest BCUT2D eigenvalue weighted by Gasteiger charge is -1.95. The molecule has 1 aromatic heterocycles. The van der Waals surface area contributed by atoms with Crippen LogP contribution in [-0.4, -0.2) is 4.98 Å². The van der Waals surface area contributed by atoms with Gasteiger partial charge in [-0.05, 0) is 47.7 Å². The van der Waals surface area contributed by atoms with E-state index in [4.69, 9.17) is 0 Å². The second-order valence-corrected chi connectivity index (χ2v) is 6.27. The van der Waals surface area contributed by atoms with Crippen LogP contribution < -0.4 is 0 Å². The molecule has 0 N–H and O–H groups in total. The molecule has 17 heavy (non-hydrogen) atoms. The van der Waals surface area contributed by atoms with E-state index in [1.54, 1.807) is 11.3 Å². The highest BCUT2D eigenvalue weighted by Crippen LogP contribution is 2.30. The van der Waals surface area contributed by atoms with Gasteiger partial charge < -0.3 is 0 Å². The molecule has 1 nitrogen and oxygen atoms in total. The Balaban J connectivity index is 2.14. The van der Waals surface area contributed by atoms with Crippen molar-refractivity contribution >= 4 is 44.1 Å². The maximum Gasteiger partial charge on any atom is 0.124 e. The van der Waals surface area contributed by atoms with Gasteiger partial charge in [0.1, 0.15) is 5.01 Å². The van der Waals surface area contributed by atoms with Crippen molar-refractivity contribution in [2.45, 2.75) is 6.92 Å². The Kier molecular flexibility index (Phi) is 2.88. The van der Waals surface area contributed by atoms with Crippen LogP contribution in [0.25, 0.3) is 20.8 Å². The van der Waals surface area contributed by atoms with E-state index >= 15 is 0 Å². The van der Waals surface area contributed by atoms with Gasteiger partial charge in [0.25, 0.3) is 0 Å². The highest BCUT2D eigenvalue weighted by atomic mass is 127. The van der Waals surface area contributed by atoms with E-state index in [1.165, 1.54) is 19.4 Å². The zero-order valence-electron chi connectivity index (χ0n) is 9.27. The fraction of sp³-hybridized carbons (Fsp3) is 0.0714. The molecule has 0 amide bonds. The third kappa shape index (κ3) is 2.21. The molecular weight excluding hydrogens is 341 g/mol. The van der Waals surface area contributed by atoms with Crippen LogP contribution in [0.5, 0.6) is 0 Å². The van der Waals surface area contributed by atoms with Crippen LogP contribution in [0.2, 0.25) is 0 Å². The van der Waals surface area contributed by atoms with Crippen molar-refractivity contribution in [2.75, 3.05) is 0 Å². The molecule has 3 aromatic rings. The summed E-state index contributed by atoms with van der Waals surface area (Å²) in [4.78, 5) is 4.69. The first-order chi connectivity index (χ1) is 8.22. The molecule has 0 saturated heterocycles. The minimum absolute atomic E-state index is 1.09. The lowest BCUT2D eigenvalue weighted by Crippen LogP contribution is -1.76. The van der Waals surface area contributed by atoms with Crippen molar-refractivity contribution in [1.82, 2.24) is 4.98 Å². The van der Waals surface area contributed by atoms with E-state index in [0.29, 0.717) is 0 Å². The summed E-state index contributed by atoms with van der Waals surface area (Å²) in [6.07, 6.45) is 0. The Hall–Kier alpha value is -0.940. The molecule has 0 spiro atoms. The van der Waals surface area contributed by atoms with Crippen molar-refractivity contribution in [3.8, 4) is 10.6 Å². The van der Waals surface area contributed by atoms with Crippen LogP contribution in [0, 0.1) is 10.5 Å². The molecule has 1 heterocycles. The number of aromatic nitrogens is 1. The third-order valence-corrected chi connectivity index (χ3v) is 4.40. The largest absolute Gasteiger partial charge is 0.236 e. The maximum absolute atomic E-state index is 4.69. The van der Waals surface area contributed by atoms with Gasteiger partial charge in [0.2, 0.25) is 0 Å². The Bertz CT molecular complexity index is 670. The molecule has 0 saturated carbocycles. The average molecular weight is 351 g/mol. The Morgan fingerprint density at radius 1 is 1.06 bits per heavy atom. The van der Waals surface area contributed by atoms with Crippen molar-refractivity contribution in [1.29, 1.82) is 0 Å². The number of nitrogens with zero attached hydrogens (tertiary/aromatic N) is 1. The van der Waals surface area contributed by atoms with E-state index in [-0.39, 0.29) is 0 Å². The van der Waals surface area contributed by atoms with Crippen LogP contribution in [0.1, 0.15) is 5.56 Å². The fourth-order valence-corrected chi connectivity index (χ4v) is 3.15. The van der Waals surface area contributed by atoms with Gasteiger partial charge in [-0.15, -0.1) is 11.3 Å². The van der Waals surface area contributed by atoms with E-state index in [9.17, 15) is 0 Å². The summed E-state index contributed by atoms with van der Waals surface area (Å²) in [5.74, 6) is 0. The Labute approximate surface area is 118 Å². The smallest absolute Gasteiger partial charge is 0.124 e. The Morgan fingerprint density at radius 3 is 2.59 bits per heavy atom. The molecule has 0 atom stereocenters. The highest BCUT2D eigenvalue weighted by Gasteiger charge is 2.06. The number of hydrogen-bond donors (Lipinski definition) is 0. The quantitative estimate of drug-likeness (QED) is 0.570. The van der Waals surface area contributed by atoms with Gasteiger partial charge in [0, 0.05) is 9.13 Å². The Morgan fingerprint density at radius 2 is 1.82 bits per heavy atom. The number of fused-ring (bicyclic) bond motifs is 1. The summed E-state index contributed by atoms with van der Waals surface area (Å²) in [5.41, 5.74) is 3.58. The highest BCUT2D eigenvalue weighted by molar-refractivity contribution is 14.1. The fourth-order valence-electron chi connectivity index (χ4n) is 1.72. The monoisotopic (exact) mass is 351 g/mol. The first-order valence-electron chi connectivity index (χ1n) is 5.35. The summed E-state index contributed by atoms with van der Waals surface area (Å²) < 4.78 is 2.48. The molecule has 2 aromatic carbocycles. The first kappa shape index (κ1) is 11.2. The summed E-state index contributed by atoms with van der Waals surface area (Å²) in [6.45, 7) is 2.10. The number of benzene rings is 2. The predicted octanol–water partition coefficient (Wildman–Crippen LogP) is 4.88. The maximum atomic E-state index is 4.69. The molecule has 0 bridgehead atoms. The topological polar surface area (TPSA) is 12.9 Å². The molecule has 0 aliphatic carbocycles. The zero-order valence-corrected chi connectivity index (χ0v) is 12.2. The SMILES string of the molecule is Cc1ccc(-c2nc3cc(I)ccc3s2)cc1. The molecule has 0 fully saturated rings. The molecule has 0 unspecified atom stereocenters. The number of hydrogen-bond acceptors (Lipinski definition) is 2.